The van der Waals surface area contributed by atoms with E-state index in [1.165, 1.54) is 0 Å². The lowest BCUT2D eigenvalue weighted by Gasteiger charge is -2.15. The molecule has 1 aromatic carbocycles. The molecular weight excluding hydrogens is 238 g/mol. The van der Waals surface area contributed by atoms with Gasteiger partial charge in [-0.15, -0.1) is 0 Å². The van der Waals surface area contributed by atoms with E-state index < -0.39 is 0 Å². The smallest absolute Gasteiger partial charge is 0.139 e. The lowest BCUT2D eigenvalue weighted by atomic mass is 10.0. The van der Waals surface area contributed by atoms with Crippen LogP contribution in [0.3, 0.4) is 0 Å². The lowest BCUT2D eigenvalue weighted by molar-refractivity contribution is 0.0848. The summed E-state index contributed by atoms with van der Waals surface area (Å²) in [5.74, 6) is 1.50. The van der Waals surface area contributed by atoms with Crippen LogP contribution < -0.4 is 0 Å². The van der Waals surface area contributed by atoms with Gasteiger partial charge in [-0.3, -0.25) is 0 Å². The maximum atomic E-state index is 8.97. The van der Waals surface area contributed by atoms with Gasteiger partial charge in [0.2, 0.25) is 0 Å². The normalized spacial score (nSPS) is 22.8. The highest BCUT2D eigenvalue weighted by molar-refractivity contribution is 5.77. The lowest BCUT2D eigenvalue weighted by Crippen LogP contribution is -2.11. The Labute approximate surface area is 112 Å². The van der Waals surface area contributed by atoms with Gasteiger partial charge in [0.15, 0.2) is 0 Å². The first-order valence-electron chi connectivity index (χ1n) is 6.76. The van der Waals surface area contributed by atoms with Gasteiger partial charge in [-0.05, 0) is 37.5 Å². The molecule has 0 amide bonds. The molecule has 0 bridgehead atoms. The van der Waals surface area contributed by atoms with Crippen molar-refractivity contribution < 1.29 is 4.74 Å². The summed E-state index contributed by atoms with van der Waals surface area (Å²) in [5.41, 5.74) is 2.62. The molecule has 0 saturated carbocycles. The minimum atomic E-state index is 0.0814. The van der Waals surface area contributed by atoms with E-state index in [2.05, 4.69) is 24.5 Å². The van der Waals surface area contributed by atoms with E-state index in [1.807, 2.05) is 18.2 Å². The van der Waals surface area contributed by atoms with Gasteiger partial charge in [0.05, 0.1) is 22.7 Å². The molecule has 1 aromatic heterocycles. The van der Waals surface area contributed by atoms with Gasteiger partial charge in [-0.25, -0.2) is 4.98 Å². The number of ether oxygens (including phenoxy) is 1. The van der Waals surface area contributed by atoms with Crippen molar-refractivity contribution in [3.63, 3.8) is 0 Å². The molecule has 0 radical (unpaired) electrons. The summed E-state index contributed by atoms with van der Waals surface area (Å²) in [7, 11) is 0. The van der Waals surface area contributed by atoms with Crippen LogP contribution in [0.25, 0.3) is 11.0 Å². The van der Waals surface area contributed by atoms with Gasteiger partial charge in [0, 0.05) is 13.2 Å². The summed E-state index contributed by atoms with van der Waals surface area (Å²) >= 11 is 0. The standard InChI is InChI=1S/C15H17N3O/c1-3-18-13-5-4-11(9-16)8-12(13)17-15(18)14-10(2)6-7-19-14/h4-5,8,10,14H,3,6-7H2,1-2H3. The summed E-state index contributed by atoms with van der Waals surface area (Å²) in [6, 6.07) is 7.84. The highest BCUT2D eigenvalue weighted by Crippen LogP contribution is 2.35. The number of aryl methyl sites for hydroxylation is 1. The molecule has 19 heavy (non-hydrogen) atoms. The molecule has 0 spiro atoms. The van der Waals surface area contributed by atoms with Crippen LogP contribution in [0.15, 0.2) is 18.2 Å². The number of nitriles is 1. The van der Waals surface area contributed by atoms with Crippen LogP contribution in [-0.2, 0) is 11.3 Å². The number of rotatable bonds is 2. The number of nitrogens with zero attached hydrogens (tertiary/aromatic N) is 3. The monoisotopic (exact) mass is 255 g/mol. The summed E-state index contributed by atoms with van der Waals surface area (Å²) in [4.78, 5) is 4.71. The second kappa shape index (κ2) is 4.67. The van der Waals surface area contributed by atoms with Crippen molar-refractivity contribution in [3.05, 3.63) is 29.6 Å². The number of aromatic nitrogens is 2. The zero-order chi connectivity index (χ0) is 13.4. The fraction of sp³-hybridized carbons (Fsp3) is 0.467. The molecule has 4 heteroatoms. The van der Waals surface area contributed by atoms with Crippen molar-refractivity contribution in [1.29, 1.82) is 5.26 Å². The number of benzene rings is 1. The van der Waals surface area contributed by atoms with E-state index in [0.717, 1.165) is 36.4 Å². The Balaban J connectivity index is 2.16. The molecule has 0 aliphatic carbocycles. The Bertz CT molecular complexity index is 653. The van der Waals surface area contributed by atoms with Crippen molar-refractivity contribution >= 4 is 11.0 Å². The molecule has 2 unspecified atom stereocenters. The zero-order valence-electron chi connectivity index (χ0n) is 11.3. The SMILES string of the molecule is CCn1c(C2OCCC2C)nc2cc(C#N)ccc21. The summed E-state index contributed by atoms with van der Waals surface area (Å²) in [6.45, 7) is 5.99. The molecular formula is C15H17N3O. The van der Waals surface area contributed by atoms with Crippen LogP contribution in [0.4, 0.5) is 0 Å². The number of fused-ring (bicyclic) bond motifs is 1. The summed E-state index contributed by atoms with van der Waals surface area (Å²) in [6.07, 6.45) is 1.17. The molecule has 2 heterocycles. The van der Waals surface area contributed by atoms with E-state index in [4.69, 9.17) is 15.0 Å². The van der Waals surface area contributed by atoms with E-state index in [1.54, 1.807) is 0 Å². The van der Waals surface area contributed by atoms with Gasteiger partial charge in [0.25, 0.3) is 0 Å². The maximum Gasteiger partial charge on any atom is 0.139 e. The van der Waals surface area contributed by atoms with Crippen LogP contribution in [-0.4, -0.2) is 16.2 Å². The largest absolute Gasteiger partial charge is 0.370 e. The molecule has 98 valence electrons. The molecule has 2 aromatic rings. The third-order valence-electron chi connectivity index (χ3n) is 3.86. The third kappa shape index (κ3) is 1.91. The van der Waals surface area contributed by atoms with E-state index >= 15 is 0 Å². The molecule has 1 fully saturated rings. The molecule has 4 nitrogen and oxygen atoms in total. The Morgan fingerprint density at radius 1 is 1.53 bits per heavy atom. The highest BCUT2D eigenvalue weighted by Gasteiger charge is 2.30. The Hall–Kier alpha value is -1.86. The number of imidazole rings is 1. The van der Waals surface area contributed by atoms with Crippen molar-refractivity contribution in [2.24, 2.45) is 5.92 Å². The second-order valence-electron chi connectivity index (χ2n) is 5.09. The van der Waals surface area contributed by atoms with E-state index in [-0.39, 0.29) is 6.10 Å². The van der Waals surface area contributed by atoms with E-state index in [9.17, 15) is 0 Å². The fourth-order valence-corrected chi connectivity index (χ4v) is 2.79. The first-order chi connectivity index (χ1) is 9.24. The van der Waals surface area contributed by atoms with Crippen LogP contribution in [0.2, 0.25) is 0 Å². The van der Waals surface area contributed by atoms with Gasteiger partial charge in [-0.1, -0.05) is 6.92 Å². The molecule has 2 atom stereocenters. The predicted molar refractivity (Wildman–Crippen MR) is 72.6 cm³/mol. The van der Waals surface area contributed by atoms with Crippen molar-refractivity contribution in [1.82, 2.24) is 9.55 Å². The van der Waals surface area contributed by atoms with Gasteiger partial charge in [-0.2, -0.15) is 5.26 Å². The topological polar surface area (TPSA) is 50.8 Å². The molecule has 1 aliphatic rings. The van der Waals surface area contributed by atoms with Gasteiger partial charge >= 0.3 is 0 Å². The summed E-state index contributed by atoms with van der Waals surface area (Å²) in [5, 5.41) is 8.97. The maximum absolute atomic E-state index is 8.97. The van der Waals surface area contributed by atoms with Crippen molar-refractivity contribution in [3.8, 4) is 6.07 Å². The van der Waals surface area contributed by atoms with E-state index in [0.29, 0.717) is 11.5 Å². The minimum Gasteiger partial charge on any atom is -0.370 e. The van der Waals surface area contributed by atoms with Gasteiger partial charge in [0.1, 0.15) is 11.9 Å². The molecule has 1 saturated heterocycles. The fourth-order valence-electron chi connectivity index (χ4n) is 2.79. The molecule has 3 rings (SSSR count). The first kappa shape index (κ1) is 12.2. The minimum absolute atomic E-state index is 0.0814. The Morgan fingerprint density at radius 2 is 2.37 bits per heavy atom. The highest BCUT2D eigenvalue weighted by atomic mass is 16.5. The zero-order valence-corrected chi connectivity index (χ0v) is 11.3. The van der Waals surface area contributed by atoms with Crippen LogP contribution in [0.5, 0.6) is 0 Å². The predicted octanol–water partition coefficient (Wildman–Crippen LogP) is 3.03. The average molecular weight is 255 g/mol. The van der Waals surface area contributed by atoms with Crippen LogP contribution in [0, 0.1) is 17.2 Å². The summed E-state index contributed by atoms with van der Waals surface area (Å²) < 4.78 is 8.03. The third-order valence-corrected chi connectivity index (χ3v) is 3.86. The van der Waals surface area contributed by atoms with Crippen molar-refractivity contribution in [2.75, 3.05) is 6.61 Å². The van der Waals surface area contributed by atoms with Gasteiger partial charge < -0.3 is 9.30 Å². The first-order valence-corrected chi connectivity index (χ1v) is 6.76. The molecule has 0 N–H and O–H groups in total. The van der Waals surface area contributed by atoms with Crippen LogP contribution in [0.1, 0.15) is 37.8 Å². The second-order valence-corrected chi connectivity index (χ2v) is 5.09. The number of hydrogen-bond acceptors (Lipinski definition) is 3. The molecule has 1 aliphatic heterocycles. The van der Waals surface area contributed by atoms with Crippen LogP contribution >= 0.6 is 0 Å². The average Bonchev–Trinajstić information content (AvgIpc) is 3.00. The Morgan fingerprint density at radius 3 is 3.00 bits per heavy atom. The number of hydrogen-bond donors (Lipinski definition) is 0. The Kier molecular flexibility index (Phi) is 3.00. The van der Waals surface area contributed by atoms with Crippen molar-refractivity contribution in [2.45, 2.75) is 32.9 Å². The quantitative estimate of drug-likeness (QED) is 0.828.